The Morgan fingerprint density at radius 1 is 1.25 bits per heavy atom. The molecular formula is C15H23N3O2. The molecule has 0 unspecified atom stereocenters. The molecule has 5 nitrogen and oxygen atoms in total. The zero-order chi connectivity index (χ0) is 14.8. The summed E-state index contributed by atoms with van der Waals surface area (Å²) < 4.78 is 5.39. The largest absolute Gasteiger partial charge is 0.456 e. The second kappa shape index (κ2) is 5.79. The molecule has 0 radical (unpaired) electrons. The van der Waals surface area contributed by atoms with E-state index in [2.05, 4.69) is 21.8 Å². The molecule has 0 atom stereocenters. The number of likely N-dealkylation sites (N-methyl/N-ethyl adjacent to an activating group) is 1. The first-order valence-corrected chi connectivity index (χ1v) is 6.98. The molecule has 2 rings (SSSR count). The molecular weight excluding hydrogens is 254 g/mol. The van der Waals surface area contributed by atoms with Gasteiger partial charge in [-0.25, -0.2) is 9.78 Å². The third-order valence-corrected chi connectivity index (χ3v) is 3.21. The fourth-order valence-corrected chi connectivity index (χ4v) is 2.09. The fraction of sp³-hybridized carbons (Fsp3) is 0.600. The second-order valence-corrected chi connectivity index (χ2v) is 6.19. The number of ether oxygens (including phenoxy) is 1. The molecule has 5 heteroatoms. The highest BCUT2D eigenvalue weighted by Crippen LogP contribution is 2.17. The Hall–Kier alpha value is -1.62. The van der Waals surface area contributed by atoms with Crippen molar-refractivity contribution in [1.29, 1.82) is 0 Å². The van der Waals surface area contributed by atoms with Crippen LogP contribution in [0.5, 0.6) is 0 Å². The first-order chi connectivity index (χ1) is 9.35. The smallest absolute Gasteiger partial charge is 0.338 e. The summed E-state index contributed by atoms with van der Waals surface area (Å²) in [5.74, 6) is 0.553. The molecule has 0 aromatic carbocycles. The van der Waals surface area contributed by atoms with E-state index >= 15 is 0 Å². The van der Waals surface area contributed by atoms with Gasteiger partial charge in [0.05, 0.1) is 5.56 Å². The normalized spacial score (nSPS) is 17.1. The quantitative estimate of drug-likeness (QED) is 0.771. The summed E-state index contributed by atoms with van der Waals surface area (Å²) in [4.78, 5) is 20.9. The predicted octanol–water partition coefficient (Wildman–Crippen LogP) is 1.79. The van der Waals surface area contributed by atoms with Crippen molar-refractivity contribution in [3.05, 3.63) is 23.9 Å². The molecule has 0 spiro atoms. The van der Waals surface area contributed by atoms with Gasteiger partial charge in [0, 0.05) is 32.4 Å². The molecule has 0 bridgehead atoms. The van der Waals surface area contributed by atoms with Gasteiger partial charge >= 0.3 is 5.97 Å². The van der Waals surface area contributed by atoms with Gasteiger partial charge in [-0.15, -0.1) is 0 Å². The molecule has 1 aromatic heterocycles. The van der Waals surface area contributed by atoms with Gasteiger partial charge in [-0.2, -0.15) is 0 Å². The number of hydrogen-bond donors (Lipinski definition) is 0. The van der Waals surface area contributed by atoms with E-state index in [1.165, 1.54) is 0 Å². The van der Waals surface area contributed by atoms with Crippen LogP contribution in [-0.2, 0) is 4.74 Å². The maximum absolute atomic E-state index is 12.1. The van der Waals surface area contributed by atoms with Crippen molar-refractivity contribution >= 4 is 11.8 Å². The van der Waals surface area contributed by atoms with Crippen LogP contribution in [0, 0.1) is 0 Å². The number of hydrogen-bond acceptors (Lipinski definition) is 5. The third kappa shape index (κ3) is 3.93. The minimum absolute atomic E-state index is 0.296. The Bertz CT molecular complexity index is 474. The molecule has 1 saturated heterocycles. The Morgan fingerprint density at radius 2 is 1.90 bits per heavy atom. The van der Waals surface area contributed by atoms with Crippen LogP contribution < -0.4 is 4.90 Å². The van der Waals surface area contributed by atoms with E-state index in [9.17, 15) is 4.79 Å². The Balaban J connectivity index is 2.10. The van der Waals surface area contributed by atoms with Crippen LogP contribution in [0.4, 0.5) is 5.82 Å². The van der Waals surface area contributed by atoms with Crippen LogP contribution >= 0.6 is 0 Å². The molecule has 0 aliphatic carbocycles. The van der Waals surface area contributed by atoms with Gasteiger partial charge in [-0.05, 0) is 40.0 Å². The summed E-state index contributed by atoms with van der Waals surface area (Å²) in [5.41, 5.74) is 0.0813. The van der Waals surface area contributed by atoms with Gasteiger partial charge in [0.15, 0.2) is 0 Å². The molecule has 1 aromatic rings. The van der Waals surface area contributed by atoms with Gasteiger partial charge in [0.25, 0.3) is 0 Å². The number of anilines is 1. The number of pyridine rings is 1. The summed E-state index contributed by atoms with van der Waals surface area (Å²) >= 11 is 0. The highest BCUT2D eigenvalue weighted by Gasteiger charge is 2.20. The van der Waals surface area contributed by atoms with E-state index in [1.54, 1.807) is 12.3 Å². The van der Waals surface area contributed by atoms with Crippen molar-refractivity contribution in [1.82, 2.24) is 9.88 Å². The van der Waals surface area contributed by atoms with Crippen LogP contribution in [0.15, 0.2) is 18.3 Å². The molecule has 20 heavy (non-hydrogen) atoms. The number of nitrogens with zero attached hydrogens (tertiary/aromatic N) is 3. The summed E-state index contributed by atoms with van der Waals surface area (Å²) in [6.07, 6.45) is 1.67. The number of piperazine rings is 1. The summed E-state index contributed by atoms with van der Waals surface area (Å²) in [6.45, 7) is 9.49. The van der Waals surface area contributed by atoms with Crippen LogP contribution in [-0.4, -0.2) is 54.7 Å². The van der Waals surface area contributed by atoms with Gasteiger partial charge in [0.1, 0.15) is 11.4 Å². The lowest BCUT2D eigenvalue weighted by molar-refractivity contribution is 0.00694. The maximum Gasteiger partial charge on any atom is 0.338 e. The fourth-order valence-electron chi connectivity index (χ4n) is 2.09. The SMILES string of the molecule is CN1CCN(c2cc(C(=O)OC(C)(C)C)ccn2)CC1. The Kier molecular flexibility index (Phi) is 4.28. The molecule has 1 aliphatic heterocycles. The second-order valence-electron chi connectivity index (χ2n) is 6.19. The number of carbonyl (C=O) groups excluding carboxylic acids is 1. The van der Waals surface area contributed by atoms with Crippen molar-refractivity contribution in [2.75, 3.05) is 38.1 Å². The van der Waals surface area contributed by atoms with Crippen molar-refractivity contribution in [2.24, 2.45) is 0 Å². The average Bonchev–Trinajstić information content (AvgIpc) is 2.38. The van der Waals surface area contributed by atoms with E-state index in [1.807, 2.05) is 26.8 Å². The molecule has 110 valence electrons. The van der Waals surface area contributed by atoms with E-state index in [0.29, 0.717) is 5.56 Å². The molecule has 0 saturated carbocycles. The van der Waals surface area contributed by atoms with Gasteiger partial charge in [-0.1, -0.05) is 0 Å². The van der Waals surface area contributed by atoms with Gasteiger partial charge in [0.2, 0.25) is 0 Å². The third-order valence-electron chi connectivity index (χ3n) is 3.21. The Morgan fingerprint density at radius 3 is 2.50 bits per heavy atom. The van der Waals surface area contributed by atoms with E-state index in [4.69, 9.17) is 4.74 Å². The van der Waals surface area contributed by atoms with Crippen LogP contribution in [0.25, 0.3) is 0 Å². The lowest BCUT2D eigenvalue weighted by atomic mass is 10.2. The molecule has 1 fully saturated rings. The van der Waals surface area contributed by atoms with Crippen molar-refractivity contribution < 1.29 is 9.53 Å². The van der Waals surface area contributed by atoms with E-state index in [-0.39, 0.29) is 5.97 Å². The minimum Gasteiger partial charge on any atom is -0.456 e. The summed E-state index contributed by atoms with van der Waals surface area (Å²) in [7, 11) is 2.11. The maximum atomic E-state index is 12.1. The summed E-state index contributed by atoms with van der Waals surface area (Å²) in [6, 6.07) is 3.52. The van der Waals surface area contributed by atoms with Crippen LogP contribution in [0.3, 0.4) is 0 Å². The molecule has 0 N–H and O–H groups in total. The monoisotopic (exact) mass is 277 g/mol. The minimum atomic E-state index is -0.478. The predicted molar refractivity (Wildman–Crippen MR) is 79.1 cm³/mol. The molecule has 0 amide bonds. The van der Waals surface area contributed by atoms with Crippen molar-refractivity contribution in [3.8, 4) is 0 Å². The van der Waals surface area contributed by atoms with Gasteiger partial charge in [-0.3, -0.25) is 0 Å². The van der Waals surface area contributed by atoms with Crippen LogP contribution in [0.1, 0.15) is 31.1 Å². The highest BCUT2D eigenvalue weighted by atomic mass is 16.6. The number of esters is 1. The van der Waals surface area contributed by atoms with E-state index in [0.717, 1.165) is 32.0 Å². The molecule has 2 heterocycles. The molecule has 1 aliphatic rings. The van der Waals surface area contributed by atoms with Crippen molar-refractivity contribution in [2.45, 2.75) is 26.4 Å². The average molecular weight is 277 g/mol. The lowest BCUT2D eigenvalue weighted by Gasteiger charge is -2.33. The lowest BCUT2D eigenvalue weighted by Crippen LogP contribution is -2.44. The van der Waals surface area contributed by atoms with Crippen LogP contribution in [0.2, 0.25) is 0 Å². The highest BCUT2D eigenvalue weighted by molar-refractivity contribution is 5.90. The number of carbonyl (C=O) groups is 1. The first-order valence-electron chi connectivity index (χ1n) is 6.98. The standard InChI is InChI=1S/C15H23N3O2/c1-15(2,3)20-14(19)12-5-6-16-13(11-12)18-9-7-17(4)8-10-18/h5-6,11H,7-10H2,1-4H3. The zero-order valence-corrected chi connectivity index (χ0v) is 12.7. The topological polar surface area (TPSA) is 45.7 Å². The van der Waals surface area contributed by atoms with Crippen molar-refractivity contribution in [3.63, 3.8) is 0 Å². The summed E-state index contributed by atoms with van der Waals surface area (Å²) in [5, 5.41) is 0. The number of rotatable bonds is 2. The van der Waals surface area contributed by atoms with E-state index < -0.39 is 5.60 Å². The first kappa shape index (κ1) is 14.8. The number of aromatic nitrogens is 1. The van der Waals surface area contributed by atoms with Gasteiger partial charge < -0.3 is 14.5 Å². The zero-order valence-electron chi connectivity index (χ0n) is 12.7. The Labute approximate surface area is 120 Å².